The molecule has 0 aromatic rings. The Morgan fingerprint density at radius 2 is 2.38 bits per heavy atom. The van der Waals surface area contributed by atoms with Crippen molar-refractivity contribution in [2.45, 2.75) is 0 Å². The van der Waals surface area contributed by atoms with Crippen LogP contribution in [0.25, 0.3) is 0 Å². The third kappa shape index (κ3) is 3.10. The molecule has 0 atom stereocenters. The summed E-state index contributed by atoms with van der Waals surface area (Å²) < 4.78 is 0. The van der Waals surface area contributed by atoms with Crippen LogP contribution in [0.4, 0.5) is 4.79 Å². The molecule has 0 aromatic carbocycles. The highest BCUT2D eigenvalue weighted by molar-refractivity contribution is 5.79. The van der Waals surface area contributed by atoms with Crippen molar-refractivity contribution >= 4 is 12.5 Å². The van der Waals surface area contributed by atoms with Crippen molar-refractivity contribution in [2.24, 2.45) is 0 Å². The van der Waals surface area contributed by atoms with Gasteiger partial charge in [-0.05, 0) is 0 Å². The van der Waals surface area contributed by atoms with E-state index >= 15 is 0 Å². The van der Waals surface area contributed by atoms with Gasteiger partial charge in [0.15, 0.2) is 0 Å². The molecule has 0 rings (SSSR count). The molecule has 0 aliphatic rings. The molecule has 0 aliphatic heterocycles. The van der Waals surface area contributed by atoms with Gasteiger partial charge in [0.2, 0.25) is 6.41 Å². The molecule has 0 radical (unpaired) electrons. The second kappa shape index (κ2) is 4.07. The minimum Gasteiger partial charge on any atom is -0.354 e. The Morgan fingerprint density at radius 1 is 1.75 bits per heavy atom. The van der Waals surface area contributed by atoms with Crippen LogP contribution < -0.4 is 10.8 Å². The van der Waals surface area contributed by atoms with Gasteiger partial charge in [-0.2, -0.15) is 5.48 Å². The zero-order valence-corrected chi connectivity index (χ0v) is 4.30. The summed E-state index contributed by atoms with van der Waals surface area (Å²) in [4.78, 5) is 23.5. The van der Waals surface area contributed by atoms with E-state index in [9.17, 15) is 9.59 Å². The predicted octanol–water partition coefficient (Wildman–Crippen LogP) is -0.997. The lowest BCUT2D eigenvalue weighted by atomic mass is 11.1. The molecule has 0 unspecified atom stereocenters. The van der Waals surface area contributed by atoms with E-state index in [4.69, 9.17) is 0 Å². The number of rotatable bonds is 2. The highest BCUT2D eigenvalue weighted by Gasteiger charge is 1.93. The maximum Gasteiger partial charge on any atom is 0.432 e. The van der Waals surface area contributed by atoms with Crippen LogP contribution in [0, 0.1) is 0 Å². The molecule has 2 amide bonds. The first kappa shape index (κ1) is 6.90. The van der Waals surface area contributed by atoms with Crippen molar-refractivity contribution in [2.75, 3.05) is 7.05 Å². The lowest BCUT2D eigenvalue weighted by Gasteiger charge is -1.95. The summed E-state index contributed by atoms with van der Waals surface area (Å²) in [5, 5.41) is 1.74. The summed E-state index contributed by atoms with van der Waals surface area (Å²) in [6.45, 7) is 0. The van der Waals surface area contributed by atoms with E-state index in [1.54, 1.807) is 5.32 Å². The number of nitrogens with one attached hydrogen (secondary N) is 2. The quantitative estimate of drug-likeness (QED) is 0.360. The number of hydrogen-bond donors (Lipinski definition) is 2. The van der Waals surface area contributed by atoms with Gasteiger partial charge < -0.3 is 4.84 Å². The molecule has 0 fully saturated rings. The largest absolute Gasteiger partial charge is 0.432 e. The molecule has 0 saturated heterocycles. The number of hydroxylamine groups is 1. The van der Waals surface area contributed by atoms with Crippen molar-refractivity contribution in [1.29, 1.82) is 0 Å². The molecule has 0 heterocycles. The Kier molecular flexibility index (Phi) is 3.51. The van der Waals surface area contributed by atoms with Crippen molar-refractivity contribution in [3.05, 3.63) is 0 Å². The summed E-state index contributed by atoms with van der Waals surface area (Å²) >= 11 is 0. The highest BCUT2D eigenvalue weighted by Crippen LogP contribution is 1.63. The maximum absolute atomic E-state index is 10.0. The third-order valence-electron chi connectivity index (χ3n) is 0.372. The fourth-order valence-corrected chi connectivity index (χ4v) is 0.170. The Hall–Kier alpha value is -1.10. The van der Waals surface area contributed by atoms with Gasteiger partial charge in [0.05, 0.1) is 0 Å². The van der Waals surface area contributed by atoms with Crippen LogP contribution in [-0.4, -0.2) is 19.6 Å². The molecule has 5 nitrogen and oxygen atoms in total. The topological polar surface area (TPSA) is 67.4 Å². The van der Waals surface area contributed by atoms with Crippen molar-refractivity contribution in [1.82, 2.24) is 10.8 Å². The molecular weight excluding hydrogens is 112 g/mol. The molecule has 46 valence electrons. The molecule has 0 aromatic heterocycles. The Balaban J connectivity index is 3.18. The van der Waals surface area contributed by atoms with Crippen LogP contribution in [-0.2, 0) is 9.63 Å². The second-order valence-electron chi connectivity index (χ2n) is 0.856. The Bertz CT molecular complexity index is 92.5. The van der Waals surface area contributed by atoms with Crippen LogP contribution in [0.1, 0.15) is 0 Å². The van der Waals surface area contributed by atoms with Gasteiger partial charge in [0, 0.05) is 7.05 Å². The van der Waals surface area contributed by atoms with E-state index in [1.807, 2.05) is 0 Å². The molecule has 2 N–H and O–H groups in total. The van der Waals surface area contributed by atoms with Gasteiger partial charge in [-0.15, -0.1) is 0 Å². The lowest BCUT2D eigenvalue weighted by Crippen LogP contribution is -2.27. The number of hydrogen-bond acceptors (Lipinski definition) is 4. The van der Waals surface area contributed by atoms with E-state index in [0.717, 1.165) is 0 Å². The average molecular weight is 118 g/mol. The average Bonchev–Trinajstić information content (AvgIpc) is 1.68. The Labute approximate surface area is 46.0 Å². The van der Waals surface area contributed by atoms with Crippen LogP contribution in [0.5, 0.6) is 0 Å². The minimum absolute atomic E-state index is 0.236. The number of amides is 2. The highest BCUT2D eigenvalue weighted by atomic mass is 16.7. The molecule has 8 heavy (non-hydrogen) atoms. The van der Waals surface area contributed by atoms with Crippen molar-refractivity contribution in [3.63, 3.8) is 0 Å². The summed E-state index contributed by atoms with van der Waals surface area (Å²) in [6, 6.07) is 0. The number of carbonyl (C=O) groups is 2. The van der Waals surface area contributed by atoms with Gasteiger partial charge in [-0.1, -0.05) is 0 Å². The standard InChI is InChI=1S/C3H6N2O3/c1-4-8-3(7)5-2-6/h2,4H,1H3,(H,5,6,7). The normalized spacial score (nSPS) is 7.62. The molecule has 0 saturated carbocycles. The van der Waals surface area contributed by atoms with Gasteiger partial charge in [-0.25, -0.2) is 4.79 Å². The first-order chi connectivity index (χ1) is 3.81. The van der Waals surface area contributed by atoms with E-state index in [1.165, 1.54) is 7.05 Å². The summed E-state index contributed by atoms with van der Waals surface area (Å²) in [5.41, 5.74) is 2.08. The van der Waals surface area contributed by atoms with E-state index in [2.05, 4.69) is 10.3 Å². The molecule has 0 bridgehead atoms. The van der Waals surface area contributed by atoms with Crippen molar-refractivity contribution < 1.29 is 14.4 Å². The summed E-state index contributed by atoms with van der Waals surface area (Å²) in [5.74, 6) is 0. The third-order valence-corrected chi connectivity index (χ3v) is 0.372. The van der Waals surface area contributed by atoms with Crippen LogP contribution in [0.15, 0.2) is 0 Å². The summed E-state index contributed by atoms with van der Waals surface area (Å²) in [7, 11) is 1.41. The maximum atomic E-state index is 10.0. The van der Waals surface area contributed by atoms with E-state index in [0.29, 0.717) is 0 Å². The Morgan fingerprint density at radius 3 is 2.75 bits per heavy atom. The minimum atomic E-state index is -0.817. The molecule has 0 spiro atoms. The van der Waals surface area contributed by atoms with Crippen LogP contribution >= 0.6 is 0 Å². The van der Waals surface area contributed by atoms with Gasteiger partial charge in [-0.3, -0.25) is 10.1 Å². The monoisotopic (exact) mass is 118 g/mol. The van der Waals surface area contributed by atoms with Gasteiger partial charge >= 0.3 is 6.09 Å². The van der Waals surface area contributed by atoms with Crippen LogP contribution in [0.2, 0.25) is 0 Å². The SMILES string of the molecule is CNOC(=O)NC=O. The van der Waals surface area contributed by atoms with E-state index in [-0.39, 0.29) is 6.41 Å². The predicted molar refractivity (Wildman–Crippen MR) is 24.7 cm³/mol. The molecular formula is C3H6N2O3. The fraction of sp³-hybridized carbons (Fsp3) is 0.333. The van der Waals surface area contributed by atoms with Crippen molar-refractivity contribution in [3.8, 4) is 0 Å². The molecule has 5 heteroatoms. The number of carbonyl (C=O) groups excluding carboxylic acids is 2. The first-order valence-corrected chi connectivity index (χ1v) is 1.89. The number of imide groups is 1. The molecule has 0 aliphatic carbocycles. The zero-order valence-electron chi connectivity index (χ0n) is 4.30. The van der Waals surface area contributed by atoms with Gasteiger partial charge in [0.25, 0.3) is 0 Å². The smallest absolute Gasteiger partial charge is 0.354 e. The second-order valence-corrected chi connectivity index (χ2v) is 0.856. The fourth-order valence-electron chi connectivity index (χ4n) is 0.170. The summed E-state index contributed by atoms with van der Waals surface area (Å²) in [6.07, 6.45) is -0.581. The lowest BCUT2D eigenvalue weighted by molar-refractivity contribution is -0.109. The van der Waals surface area contributed by atoms with Gasteiger partial charge in [0.1, 0.15) is 0 Å². The van der Waals surface area contributed by atoms with E-state index < -0.39 is 6.09 Å². The zero-order chi connectivity index (χ0) is 6.41. The first-order valence-electron chi connectivity index (χ1n) is 1.89. The van der Waals surface area contributed by atoms with Crippen LogP contribution in [0.3, 0.4) is 0 Å².